The van der Waals surface area contributed by atoms with Crippen molar-refractivity contribution >= 4 is 16.8 Å². The Labute approximate surface area is 186 Å². The van der Waals surface area contributed by atoms with E-state index < -0.39 is 0 Å². The smallest absolute Gasteiger partial charge is 0.261 e. The molecule has 164 valence electrons. The van der Waals surface area contributed by atoms with Crippen molar-refractivity contribution in [3.63, 3.8) is 0 Å². The van der Waals surface area contributed by atoms with Gasteiger partial charge in [0.15, 0.2) is 0 Å². The lowest BCUT2D eigenvalue weighted by atomic mass is 10.1. The van der Waals surface area contributed by atoms with E-state index in [9.17, 15) is 9.59 Å². The van der Waals surface area contributed by atoms with Crippen LogP contribution in [-0.2, 0) is 17.8 Å². The van der Waals surface area contributed by atoms with E-state index in [0.717, 1.165) is 29.1 Å². The summed E-state index contributed by atoms with van der Waals surface area (Å²) in [6, 6.07) is 17.6. The van der Waals surface area contributed by atoms with Gasteiger partial charge in [-0.05, 0) is 62.6 Å². The first-order valence-electron chi connectivity index (χ1n) is 10.8. The molecule has 7 nitrogen and oxygen atoms in total. The molecule has 0 radical (unpaired) electrons. The highest BCUT2D eigenvalue weighted by Gasteiger charge is 2.06. The van der Waals surface area contributed by atoms with Crippen molar-refractivity contribution in [2.75, 3.05) is 6.54 Å². The highest BCUT2D eigenvalue weighted by Crippen LogP contribution is 2.13. The summed E-state index contributed by atoms with van der Waals surface area (Å²) >= 11 is 0. The molecule has 4 aromatic rings. The van der Waals surface area contributed by atoms with Crippen LogP contribution in [0.25, 0.3) is 16.6 Å². The Morgan fingerprint density at radius 2 is 1.84 bits per heavy atom. The van der Waals surface area contributed by atoms with Gasteiger partial charge >= 0.3 is 0 Å². The average Bonchev–Trinajstić information content (AvgIpc) is 3.14. The quantitative estimate of drug-likeness (QED) is 0.466. The third-order valence-electron chi connectivity index (χ3n) is 5.46. The lowest BCUT2D eigenvalue weighted by Crippen LogP contribution is -2.26. The zero-order valence-electron chi connectivity index (χ0n) is 18.4. The highest BCUT2D eigenvalue weighted by molar-refractivity contribution is 5.77. The van der Waals surface area contributed by atoms with Gasteiger partial charge in [-0.1, -0.05) is 24.3 Å². The van der Waals surface area contributed by atoms with E-state index in [-0.39, 0.29) is 11.5 Å². The van der Waals surface area contributed by atoms with Gasteiger partial charge < -0.3 is 5.32 Å². The molecule has 2 aromatic heterocycles. The maximum absolute atomic E-state index is 12.5. The number of aryl methyl sites for hydroxylation is 3. The number of hydrogen-bond donors (Lipinski definition) is 1. The molecule has 0 aliphatic carbocycles. The van der Waals surface area contributed by atoms with E-state index in [2.05, 4.69) is 33.6 Å². The topological polar surface area (TPSA) is 81.8 Å². The van der Waals surface area contributed by atoms with Gasteiger partial charge in [-0.25, -0.2) is 9.67 Å². The molecule has 0 spiro atoms. The van der Waals surface area contributed by atoms with E-state index in [1.807, 2.05) is 48.9 Å². The Bertz CT molecular complexity index is 1290. The second kappa shape index (κ2) is 9.60. The maximum atomic E-state index is 12.5. The molecular weight excluding hydrogens is 402 g/mol. The molecular formula is C25H27N5O2. The molecule has 32 heavy (non-hydrogen) atoms. The third kappa shape index (κ3) is 4.94. The standard InChI is InChI=1S/C25H27N5O2/c1-18-16-19(2)30(28-18)21-11-9-20(10-12-21)13-14-26-24(31)8-5-15-29-17-27-23-7-4-3-6-22(23)25(29)32/h3-4,6-7,9-12,16-17H,5,8,13-15H2,1-2H3,(H,26,31). The second-order valence-corrected chi connectivity index (χ2v) is 7.97. The Hall–Kier alpha value is -3.74. The van der Waals surface area contributed by atoms with Gasteiger partial charge in [0, 0.05) is 25.2 Å². The lowest BCUT2D eigenvalue weighted by Gasteiger charge is -2.09. The fraction of sp³-hybridized carbons (Fsp3) is 0.280. The molecule has 0 saturated carbocycles. The average molecular weight is 430 g/mol. The van der Waals surface area contributed by atoms with Crippen LogP contribution >= 0.6 is 0 Å². The summed E-state index contributed by atoms with van der Waals surface area (Å²) in [4.78, 5) is 29.0. The number of benzene rings is 2. The van der Waals surface area contributed by atoms with Crippen molar-refractivity contribution in [2.24, 2.45) is 0 Å². The van der Waals surface area contributed by atoms with Crippen LogP contribution < -0.4 is 10.9 Å². The molecule has 0 aliphatic rings. The molecule has 7 heteroatoms. The Morgan fingerprint density at radius 1 is 1.06 bits per heavy atom. The number of aromatic nitrogens is 4. The first-order chi connectivity index (χ1) is 15.5. The molecule has 0 aliphatic heterocycles. The first-order valence-corrected chi connectivity index (χ1v) is 10.8. The van der Waals surface area contributed by atoms with E-state index >= 15 is 0 Å². The van der Waals surface area contributed by atoms with Crippen LogP contribution in [0.3, 0.4) is 0 Å². The maximum Gasteiger partial charge on any atom is 0.261 e. The monoisotopic (exact) mass is 429 g/mol. The number of amides is 1. The Morgan fingerprint density at radius 3 is 2.59 bits per heavy atom. The van der Waals surface area contributed by atoms with E-state index in [1.165, 1.54) is 0 Å². The van der Waals surface area contributed by atoms with Gasteiger partial charge in [0.2, 0.25) is 5.91 Å². The van der Waals surface area contributed by atoms with E-state index in [1.54, 1.807) is 17.0 Å². The van der Waals surface area contributed by atoms with Gasteiger partial charge in [0.25, 0.3) is 5.56 Å². The number of carbonyl (C=O) groups excluding carboxylic acids is 1. The number of hydrogen-bond acceptors (Lipinski definition) is 4. The van der Waals surface area contributed by atoms with E-state index in [0.29, 0.717) is 36.8 Å². The number of rotatable bonds is 8. The summed E-state index contributed by atoms with van der Waals surface area (Å²) in [5.74, 6) is -0.00828. The molecule has 0 unspecified atom stereocenters. The van der Waals surface area contributed by atoms with Crippen molar-refractivity contribution in [1.29, 1.82) is 0 Å². The second-order valence-electron chi connectivity index (χ2n) is 7.97. The summed E-state index contributed by atoms with van der Waals surface area (Å²) in [5.41, 5.74) is 4.90. The Kier molecular flexibility index (Phi) is 6.44. The molecule has 2 aromatic carbocycles. The van der Waals surface area contributed by atoms with Gasteiger partial charge in [0.05, 0.1) is 28.6 Å². The molecule has 1 N–H and O–H groups in total. The van der Waals surface area contributed by atoms with E-state index in [4.69, 9.17) is 0 Å². The van der Waals surface area contributed by atoms with Crippen molar-refractivity contribution in [3.8, 4) is 5.69 Å². The minimum absolute atomic E-state index is 0.00828. The van der Waals surface area contributed by atoms with Crippen LogP contribution in [0.1, 0.15) is 29.8 Å². The number of nitrogens with zero attached hydrogens (tertiary/aromatic N) is 4. The summed E-state index contributed by atoms with van der Waals surface area (Å²) in [5, 5.41) is 8.06. The van der Waals surface area contributed by atoms with Crippen LogP contribution in [0, 0.1) is 13.8 Å². The molecule has 1 amide bonds. The number of fused-ring (bicyclic) bond motifs is 1. The summed E-state index contributed by atoms with van der Waals surface area (Å²) < 4.78 is 3.50. The Balaban J connectivity index is 1.22. The predicted octanol–water partition coefficient (Wildman–Crippen LogP) is 3.34. The van der Waals surface area contributed by atoms with Gasteiger partial charge in [-0.3, -0.25) is 14.2 Å². The van der Waals surface area contributed by atoms with Crippen LogP contribution in [0.2, 0.25) is 0 Å². The van der Waals surface area contributed by atoms with Crippen LogP contribution in [0.15, 0.2) is 65.7 Å². The highest BCUT2D eigenvalue weighted by atomic mass is 16.1. The number of carbonyl (C=O) groups is 1. The lowest BCUT2D eigenvalue weighted by molar-refractivity contribution is -0.121. The molecule has 0 saturated heterocycles. The van der Waals surface area contributed by atoms with Gasteiger partial charge in [0.1, 0.15) is 0 Å². The predicted molar refractivity (Wildman–Crippen MR) is 125 cm³/mol. The normalized spacial score (nSPS) is 11.1. The summed E-state index contributed by atoms with van der Waals surface area (Å²) in [6.07, 6.45) is 3.27. The molecule has 4 rings (SSSR count). The molecule has 2 heterocycles. The minimum atomic E-state index is -0.0695. The zero-order valence-corrected chi connectivity index (χ0v) is 18.4. The molecule has 0 fully saturated rings. The van der Waals surface area contributed by atoms with Crippen LogP contribution in [0.5, 0.6) is 0 Å². The van der Waals surface area contributed by atoms with Crippen molar-refractivity contribution in [2.45, 2.75) is 39.7 Å². The van der Waals surface area contributed by atoms with Crippen molar-refractivity contribution < 1.29 is 4.79 Å². The zero-order chi connectivity index (χ0) is 22.5. The van der Waals surface area contributed by atoms with Crippen molar-refractivity contribution in [1.82, 2.24) is 24.6 Å². The summed E-state index contributed by atoms with van der Waals surface area (Å²) in [7, 11) is 0. The van der Waals surface area contributed by atoms with Gasteiger partial charge in [-0.2, -0.15) is 5.10 Å². The number of para-hydroxylation sites is 1. The van der Waals surface area contributed by atoms with Crippen molar-refractivity contribution in [3.05, 3.63) is 88.2 Å². The fourth-order valence-corrected chi connectivity index (χ4v) is 3.80. The van der Waals surface area contributed by atoms with Crippen LogP contribution in [-0.4, -0.2) is 31.8 Å². The minimum Gasteiger partial charge on any atom is -0.356 e. The molecule has 0 bridgehead atoms. The summed E-state index contributed by atoms with van der Waals surface area (Å²) in [6.45, 7) is 5.07. The van der Waals surface area contributed by atoms with Gasteiger partial charge in [-0.15, -0.1) is 0 Å². The number of nitrogens with one attached hydrogen (secondary N) is 1. The SMILES string of the molecule is Cc1cc(C)n(-c2ccc(CCNC(=O)CCCn3cnc4ccccc4c3=O)cc2)n1. The fourth-order valence-electron chi connectivity index (χ4n) is 3.80. The third-order valence-corrected chi connectivity index (χ3v) is 5.46. The largest absolute Gasteiger partial charge is 0.356 e. The van der Waals surface area contributed by atoms with Crippen LogP contribution in [0.4, 0.5) is 0 Å². The first kappa shape index (κ1) is 21.5. The molecule has 0 atom stereocenters.